The Labute approximate surface area is 126 Å². The predicted molar refractivity (Wildman–Crippen MR) is 78.9 cm³/mol. The average Bonchev–Trinajstić information content (AvgIpc) is 3.07. The van der Waals surface area contributed by atoms with Crippen LogP contribution in [0.1, 0.15) is 16.2 Å². The van der Waals surface area contributed by atoms with Gasteiger partial charge in [0.2, 0.25) is 6.29 Å². The third-order valence-electron chi connectivity index (χ3n) is 2.66. The fraction of sp³-hybridized carbons (Fsp3) is 0.0667. The van der Waals surface area contributed by atoms with Crippen LogP contribution < -0.4 is 5.43 Å². The predicted octanol–water partition coefficient (Wildman–Crippen LogP) is 0.706. The summed E-state index contributed by atoms with van der Waals surface area (Å²) < 4.78 is 0. The molecule has 1 heterocycles. The van der Waals surface area contributed by atoms with Crippen molar-refractivity contribution in [1.29, 1.82) is 0 Å². The molecule has 22 heavy (non-hydrogen) atoms. The van der Waals surface area contributed by atoms with Crippen molar-refractivity contribution < 1.29 is 14.4 Å². The van der Waals surface area contributed by atoms with Gasteiger partial charge in [0, 0.05) is 18.5 Å². The normalized spacial score (nSPS) is 10.4. The van der Waals surface area contributed by atoms with Crippen molar-refractivity contribution in [2.45, 2.75) is 0 Å². The Morgan fingerprint density at radius 2 is 2.09 bits per heavy atom. The Morgan fingerprint density at radius 1 is 1.32 bits per heavy atom. The smallest absolute Gasteiger partial charge is 0.305 e. The van der Waals surface area contributed by atoms with E-state index in [9.17, 15) is 14.4 Å². The summed E-state index contributed by atoms with van der Waals surface area (Å²) in [5, 5.41) is 0.858. The summed E-state index contributed by atoms with van der Waals surface area (Å²) in [6, 6.07) is 9.17. The van der Waals surface area contributed by atoms with Gasteiger partial charge in [0.1, 0.15) is 6.54 Å². The molecule has 2 N–H and O–H groups in total. The Morgan fingerprint density at radius 3 is 2.73 bits per heavy atom. The summed E-state index contributed by atoms with van der Waals surface area (Å²) in [7, 11) is 0. The number of rotatable bonds is 5. The highest BCUT2D eigenvalue weighted by Crippen LogP contribution is 2.01. The van der Waals surface area contributed by atoms with Crippen molar-refractivity contribution in [2.75, 3.05) is 6.54 Å². The summed E-state index contributed by atoms with van der Waals surface area (Å²) in [5.41, 5.74) is 3.12. The molecule has 0 aliphatic rings. The van der Waals surface area contributed by atoms with Crippen LogP contribution in [0, 0.1) is 0 Å². The van der Waals surface area contributed by atoms with Crippen LogP contribution in [0.4, 0.5) is 0 Å². The molecule has 0 saturated carbocycles. The van der Waals surface area contributed by atoms with Gasteiger partial charge < -0.3 is 4.98 Å². The van der Waals surface area contributed by atoms with Gasteiger partial charge in [0.25, 0.3) is 5.91 Å². The minimum atomic E-state index is -0.623. The summed E-state index contributed by atoms with van der Waals surface area (Å²) in [6.07, 6.45) is 7.29. The first-order valence-corrected chi connectivity index (χ1v) is 6.40. The molecule has 111 valence electrons. The Balaban J connectivity index is 2.03. The van der Waals surface area contributed by atoms with E-state index in [-0.39, 0.29) is 12.4 Å². The molecule has 2 rings (SSSR count). The maximum atomic E-state index is 12.0. The van der Waals surface area contributed by atoms with Gasteiger partial charge in [-0.1, -0.05) is 30.3 Å². The van der Waals surface area contributed by atoms with E-state index in [0.717, 1.165) is 10.6 Å². The van der Waals surface area contributed by atoms with Gasteiger partial charge in [-0.25, -0.2) is 9.99 Å². The maximum Gasteiger partial charge on any atom is 0.305 e. The van der Waals surface area contributed by atoms with Gasteiger partial charge in [-0.2, -0.15) is 0 Å². The van der Waals surface area contributed by atoms with Crippen LogP contribution in [0.15, 0.2) is 48.8 Å². The lowest BCUT2D eigenvalue weighted by atomic mass is 10.2. The van der Waals surface area contributed by atoms with E-state index in [2.05, 4.69) is 15.4 Å². The third kappa shape index (κ3) is 4.14. The number of hydrazine groups is 1. The molecule has 0 fully saturated rings. The minimum absolute atomic E-state index is 0.0377. The largest absolute Gasteiger partial charge is 0.340 e. The van der Waals surface area contributed by atoms with Crippen LogP contribution in [0.3, 0.4) is 0 Å². The highest BCUT2D eigenvalue weighted by Gasteiger charge is 2.16. The van der Waals surface area contributed by atoms with Gasteiger partial charge in [-0.3, -0.25) is 19.8 Å². The third-order valence-corrected chi connectivity index (χ3v) is 2.66. The molecule has 0 aliphatic carbocycles. The molecule has 0 aliphatic heterocycles. The van der Waals surface area contributed by atoms with E-state index in [1.54, 1.807) is 12.4 Å². The molecule has 7 nitrogen and oxygen atoms in total. The number of H-pyrrole nitrogens is 1. The van der Waals surface area contributed by atoms with Crippen LogP contribution in [-0.2, 0) is 9.59 Å². The molecule has 2 amide bonds. The molecule has 1 aromatic carbocycles. The molecule has 1 radical (unpaired) electrons. The number of hydrogen-bond acceptors (Lipinski definition) is 4. The first-order chi connectivity index (χ1) is 10.7. The Hall–Kier alpha value is -3.22. The van der Waals surface area contributed by atoms with Crippen molar-refractivity contribution in [1.82, 2.24) is 20.4 Å². The molecule has 0 saturated heterocycles. The van der Waals surface area contributed by atoms with Crippen LogP contribution >= 0.6 is 0 Å². The number of aromatic nitrogens is 2. The Kier molecular flexibility index (Phi) is 5.20. The minimum Gasteiger partial charge on any atom is -0.340 e. The zero-order chi connectivity index (χ0) is 15.8. The number of imidazole rings is 1. The summed E-state index contributed by atoms with van der Waals surface area (Å²) >= 11 is 0. The first-order valence-electron chi connectivity index (χ1n) is 6.40. The summed E-state index contributed by atoms with van der Waals surface area (Å²) in [5.74, 6) is -1.13. The average molecular weight is 297 g/mol. The van der Waals surface area contributed by atoms with Crippen molar-refractivity contribution in [3.63, 3.8) is 0 Å². The number of aromatic amines is 1. The quantitative estimate of drug-likeness (QED) is 0.627. The molecule has 0 bridgehead atoms. The lowest BCUT2D eigenvalue weighted by Crippen LogP contribution is -2.46. The fourth-order valence-corrected chi connectivity index (χ4v) is 1.62. The first kappa shape index (κ1) is 15.2. The molecule has 1 aromatic heterocycles. The topological polar surface area (TPSA) is 95.2 Å². The van der Waals surface area contributed by atoms with E-state index in [1.807, 2.05) is 30.3 Å². The second-order valence-corrected chi connectivity index (χ2v) is 4.19. The lowest BCUT2D eigenvalue weighted by molar-refractivity contribution is -0.127. The highest BCUT2D eigenvalue weighted by molar-refractivity contribution is 5.96. The fourth-order valence-electron chi connectivity index (χ4n) is 1.62. The lowest BCUT2D eigenvalue weighted by Gasteiger charge is -2.18. The van der Waals surface area contributed by atoms with Gasteiger partial charge in [-0.05, 0) is 11.6 Å². The highest BCUT2D eigenvalue weighted by atomic mass is 16.2. The second-order valence-electron chi connectivity index (χ2n) is 4.19. The molecule has 0 spiro atoms. The standard InChI is InChI=1S/C15H13N4O3/c20-11-10-19(18-15(22)14-16-8-9-17-14)13(21)7-6-12-4-2-1-3-5-12/h1-9H,10H2,(H,16,17)(H,18,22)/b7-6+. The Bertz CT molecular complexity index is 665. The van der Waals surface area contributed by atoms with Crippen molar-refractivity contribution in [3.05, 3.63) is 60.2 Å². The maximum absolute atomic E-state index is 12.0. The number of amides is 2. The van der Waals surface area contributed by atoms with Crippen LogP contribution in [0.5, 0.6) is 0 Å². The monoisotopic (exact) mass is 297 g/mol. The van der Waals surface area contributed by atoms with E-state index in [4.69, 9.17) is 0 Å². The number of hydrogen-bond donors (Lipinski definition) is 2. The van der Waals surface area contributed by atoms with E-state index in [1.165, 1.54) is 18.5 Å². The number of nitrogens with zero attached hydrogens (tertiary/aromatic N) is 2. The van der Waals surface area contributed by atoms with Gasteiger partial charge in [-0.15, -0.1) is 0 Å². The van der Waals surface area contributed by atoms with Crippen molar-refractivity contribution in [3.8, 4) is 0 Å². The van der Waals surface area contributed by atoms with Crippen LogP contribution in [-0.4, -0.2) is 39.6 Å². The van der Waals surface area contributed by atoms with Crippen molar-refractivity contribution in [2.24, 2.45) is 0 Å². The summed E-state index contributed by atoms with van der Waals surface area (Å²) in [4.78, 5) is 40.8. The molecule has 0 atom stereocenters. The zero-order valence-electron chi connectivity index (χ0n) is 11.5. The van der Waals surface area contributed by atoms with Gasteiger partial charge in [0.15, 0.2) is 5.82 Å². The second kappa shape index (κ2) is 7.53. The number of benzene rings is 1. The van der Waals surface area contributed by atoms with Crippen molar-refractivity contribution >= 4 is 24.2 Å². The summed E-state index contributed by atoms with van der Waals surface area (Å²) in [6.45, 7) is -0.385. The van der Waals surface area contributed by atoms with E-state index >= 15 is 0 Å². The van der Waals surface area contributed by atoms with Crippen LogP contribution in [0.2, 0.25) is 0 Å². The number of carbonyl (C=O) groups excluding carboxylic acids is 3. The van der Waals surface area contributed by atoms with Gasteiger partial charge >= 0.3 is 5.91 Å². The molecule has 7 heteroatoms. The van der Waals surface area contributed by atoms with E-state index in [0.29, 0.717) is 0 Å². The molecule has 0 unspecified atom stereocenters. The van der Waals surface area contributed by atoms with Crippen LogP contribution in [0.25, 0.3) is 6.08 Å². The van der Waals surface area contributed by atoms with E-state index < -0.39 is 11.8 Å². The van der Waals surface area contributed by atoms with Gasteiger partial charge in [0.05, 0.1) is 0 Å². The number of carbonyl (C=O) groups is 2. The SMILES string of the molecule is O=[C]CN(NC(=O)c1ncc[nH]1)C(=O)/C=C/c1ccccc1. The molecular weight excluding hydrogens is 284 g/mol. The zero-order valence-corrected chi connectivity index (χ0v) is 11.5. The molecule has 2 aromatic rings. The molecular formula is C15H13N4O3. The number of nitrogens with one attached hydrogen (secondary N) is 2.